The molecule has 0 saturated carbocycles. The summed E-state index contributed by atoms with van der Waals surface area (Å²) in [5, 5.41) is 0. The van der Waals surface area contributed by atoms with Crippen LogP contribution in [0.4, 0.5) is 0 Å². The third-order valence-electron chi connectivity index (χ3n) is 2.69. The Balaban J connectivity index is 1.69. The number of aryl methyl sites for hydroxylation is 1. The van der Waals surface area contributed by atoms with Gasteiger partial charge >= 0.3 is 0 Å². The van der Waals surface area contributed by atoms with Gasteiger partial charge in [0, 0.05) is 37.9 Å². The highest BCUT2D eigenvalue weighted by molar-refractivity contribution is 5.07. The molecular formula is C13H18N4. The molecular weight excluding hydrogens is 212 g/mol. The molecule has 2 heterocycles. The molecule has 0 atom stereocenters. The van der Waals surface area contributed by atoms with Gasteiger partial charge in [-0.3, -0.25) is 4.98 Å². The Kier molecular flexibility index (Phi) is 4.27. The fraction of sp³-hybridized carbons (Fsp3) is 0.385. The lowest BCUT2D eigenvalue weighted by atomic mass is 10.2. The number of nitrogens with zero attached hydrogens (tertiary/aromatic N) is 4. The molecule has 0 aromatic carbocycles. The summed E-state index contributed by atoms with van der Waals surface area (Å²) in [4.78, 5) is 10.5. The molecule has 0 saturated heterocycles. The second-order valence-corrected chi connectivity index (χ2v) is 4.25. The minimum atomic E-state index is 0.956. The smallest absolute Gasteiger partial charge is 0.0945 e. The van der Waals surface area contributed by atoms with Crippen molar-refractivity contribution in [2.24, 2.45) is 0 Å². The van der Waals surface area contributed by atoms with Gasteiger partial charge in [-0.1, -0.05) is 6.07 Å². The van der Waals surface area contributed by atoms with Gasteiger partial charge in [-0.25, -0.2) is 4.98 Å². The van der Waals surface area contributed by atoms with Crippen LogP contribution in [0.1, 0.15) is 12.0 Å². The van der Waals surface area contributed by atoms with Gasteiger partial charge in [0.15, 0.2) is 0 Å². The highest BCUT2D eigenvalue weighted by Crippen LogP contribution is 2.01. The molecule has 0 unspecified atom stereocenters. The molecule has 2 aromatic rings. The van der Waals surface area contributed by atoms with Crippen LogP contribution in [-0.4, -0.2) is 33.0 Å². The molecule has 0 aliphatic heterocycles. The molecule has 2 rings (SSSR count). The van der Waals surface area contributed by atoms with Crippen LogP contribution in [0.25, 0.3) is 0 Å². The van der Waals surface area contributed by atoms with Gasteiger partial charge in [-0.05, 0) is 31.6 Å². The Morgan fingerprint density at radius 3 is 2.94 bits per heavy atom. The van der Waals surface area contributed by atoms with E-state index in [4.69, 9.17) is 0 Å². The summed E-state index contributed by atoms with van der Waals surface area (Å²) in [6.45, 7) is 3.06. The van der Waals surface area contributed by atoms with Crippen LogP contribution in [-0.2, 0) is 13.1 Å². The third-order valence-corrected chi connectivity index (χ3v) is 2.69. The summed E-state index contributed by atoms with van der Waals surface area (Å²) in [7, 11) is 2.14. The molecule has 0 fully saturated rings. The highest BCUT2D eigenvalue weighted by Gasteiger charge is 2.00. The second-order valence-electron chi connectivity index (χ2n) is 4.25. The molecule has 4 heteroatoms. The Morgan fingerprint density at radius 1 is 1.29 bits per heavy atom. The summed E-state index contributed by atoms with van der Waals surface area (Å²) in [6.07, 6.45) is 10.5. The van der Waals surface area contributed by atoms with E-state index in [2.05, 4.69) is 32.5 Å². The van der Waals surface area contributed by atoms with Crippen molar-refractivity contribution in [3.8, 4) is 0 Å². The summed E-state index contributed by atoms with van der Waals surface area (Å²) >= 11 is 0. The first-order valence-corrected chi connectivity index (χ1v) is 5.88. The predicted molar refractivity (Wildman–Crippen MR) is 67.4 cm³/mol. The van der Waals surface area contributed by atoms with Gasteiger partial charge in [0.1, 0.15) is 0 Å². The van der Waals surface area contributed by atoms with Crippen molar-refractivity contribution in [3.63, 3.8) is 0 Å². The van der Waals surface area contributed by atoms with Crippen molar-refractivity contribution < 1.29 is 0 Å². The molecule has 0 spiro atoms. The monoisotopic (exact) mass is 230 g/mol. The van der Waals surface area contributed by atoms with Gasteiger partial charge < -0.3 is 9.47 Å². The second kappa shape index (κ2) is 6.15. The van der Waals surface area contributed by atoms with Gasteiger partial charge in [0.05, 0.1) is 6.33 Å². The van der Waals surface area contributed by atoms with Crippen LogP contribution in [0.15, 0.2) is 43.2 Å². The van der Waals surface area contributed by atoms with E-state index in [1.807, 2.05) is 37.2 Å². The Hall–Kier alpha value is -1.68. The zero-order valence-electron chi connectivity index (χ0n) is 10.2. The van der Waals surface area contributed by atoms with Crippen molar-refractivity contribution in [2.45, 2.75) is 19.5 Å². The first-order chi connectivity index (χ1) is 8.34. The molecule has 0 bridgehead atoms. The van der Waals surface area contributed by atoms with Crippen molar-refractivity contribution in [2.75, 3.05) is 13.6 Å². The summed E-state index contributed by atoms with van der Waals surface area (Å²) < 4.78 is 2.11. The number of rotatable bonds is 6. The minimum absolute atomic E-state index is 0.956. The van der Waals surface area contributed by atoms with E-state index in [-0.39, 0.29) is 0 Å². The SMILES string of the molecule is CN(CCCn1ccnc1)Cc1cccnc1. The lowest BCUT2D eigenvalue weighted by Crippen LogP contribution is -2.20. The molecule has 90 valence electrons. The van der Waals surface area contributed by atoms with E-state index in [9.17, 15) is 0 Å². The summed E-state index contributed by atoms with van der Waals surface area (Å²) in [6, 6.07) is 4.09. The molecule has 4 nitrogen and oxygen atoms in total. The molecule has 0 amide bonds. The van der Waals surface area contributed by atoms with E-state index in [0.29, 0.717) is 0 Å². The van der Waals surface area contributed by atoms with Gasteiger partial charge in [0.2, 0.25) is 0 Å². The van der Waals surface area contributed by atoms with E-state index in [1.54, 1.807) is 0 Å². The first-order valence-electron chi connectivity index (χ1n) is 5.88. The van der Waals surface area contributed by atoms with Crippen molar-refractivity contribution in [1.82, 2.24) is 19.4 Å². The van der Waals surface area contributed by atoms with Crippen LogP contribution in [0, 0.1) is 0 Å². The molecule has 0 aliphatic rings. The number of imidazole rings is 1. The molecule has 0 radical (unpaired) electrons. The van der Waals surface area contributed by atoms with Gasteiger partial charge in [0.25, 0.3) is 0 Å². The zero-order chi connectivity index (χ0) is 11.9. The number of aromatic nitrogens is 3. The summed E-state index contributed by atoms with van der Waals surface area (Å²) in [5.74, 6) is 0. The number of hydrogen-bond donors (Lipinski definition) is 0. The topological polar surface area (TPSA) is 34.0 Å². The van der Waals surface area contributed by atoms with Gasteiger partial charge in [-0.15, -0.1) is 0 Å². The highest BCUT2D eigenvalue weighted by atomic mass is 15.1. The Morgan fingerprint density at radius 2 is 2.24 bits per heavy atom. The normalized spacial score (nSPS) is 10.9. The molecule has 17 heavy (non-hydrogen) atoms. The van der Waals surface area contributed by atoms with Crippen LogP contribution in [0.2, 0.25) is 0 Å². The van der Waals surface area contributed by atoms with Crippen LogP contribution >= 0.6 is 0 Å². The zero-order valence-corrected chi connectivity index (χ0v) is 10.2. The largest absolute Gasteiger partial charge is 0.337 e. The molecule has 0 aliphatic carbocycles. The maximum absolute atomic E-state index is 4.12. The van der Waals surface area contributed by atoms with Crippen molar-refractivity contribution >= 4 is 0 Å². The van der Waals surface area contributed by atoms with Crippen LogP contribution in [0.5, 0.6) is 0 Å². The maximum atomic E-state index is 4.12. The van der Waals surface area contributed by atoms with E-state index < -0.39 is 0 Å². The first kappa shape index (κ1) is 11.8. The Labute approximate surface area is 102 Å². The third kappa shape index (κ3) is 4.00. The van der Waals surface area contributed by atoms with Crippen molar-refractivity contribution in [3.05, 3.63) is 48.8 Å². The van der Waals surface area contributed by atoms with Crippen LogP contribution in [0.3, 0.4) is 0 Å². The number of pyridine rings is 1. The fourth-order valence-electron chi connectivity index (χ4n) is 1.82. The average molecular weight is 230 g/mol. The number of hydrogen-bond acceptors (Lipinski definition) is 3. The Bertz CT molecular complexity index is 410. The quantitative estimate of drug-likeness (QED) is 0.759. The maximum Gasteiger partial charge on any atom is 0.0945 e. The summed E-state index contributed by atoms with van der Waals surface area (Å²) in [5.41, 5.74) is 1.26. The molecule has 0 N–H and O–H groups in total. The predicted octanol–water partition coefficient (Wildman–Crippen LogP) is 1.80. The lowest BCUT2D eigenvalue weighted by Gasteiger charge is -2.16. The average Bonchev–Trinajstić information content (AvgIpc) is 2.83. The van der Waals surface area contributed by atoms with Crippen LogP contribution < -0.4 is 0 Å². The standard InChI is InChI=1S/C13H18N4/c1-16(11-13-4-2-5-14-10-13)7-3-8-17-9-6-15-12-17/h2,4-6,9-10,12H,3,7-8,11H2,1H3. The minimum Gasteiger partial charge on any atom is -0.337 e. The fourth-order valence-corrected chi connectivity index (χ4v) is 1.82. The van der Waals surface area contributed by atoms with Crippen molar-refractivity contribution in [1.29, 1.82) is 0 Å². The van der Waals surface area contributed by atoms with E-state index >= 15 is 0 Å². The lowest BCUT2D eigenvalue weighted by molar-refractivity contribution is 0.314. The van der Waals surface area contributed by atoms with Gasteiger partial charge in [-0.2, -0.15) is 0 Å². The van der Waals surface area contributed by atoms with E-state index in [0.717, 1.165) is 26.1 Å². The van der Waals surface area contributed by atoms with E-state index in [1.165, 1.54) is 5.56 Å². The molecule has 2 aromatic heterocycles.